The van der Waals surface area contributed by atoms with Crippen molar-refractivity contribution >= 4 is 46.2 Å². The van der Waals surface area contributed by atoms with Crippen LogP contribution >= 0.6 is 46.2 Å². The van der Waals surface area contributed by atoms with Crippen molar-refractivity contribution < 1.29 is 0 Å². The molecule has 1 N–H and O–H groups in total. The summed E-state index contributed by atoms with van der Waals surface area (Å²) >= 11 is 6.94. The lowest BCUT2D eigenvalue weighted by atomic mass is 10.4. The molecule has 2 aromatic rings. The molecule has 18 heavy (non-hydrogen) atoms. The van der Waals surface area contributed by atoms with Crippen LogP contribution in [-0.2, 0) is 6.54 Å². The van der Waals surface area contributed by atoms with Gasteiger partial charge in [-0.25, -0.2) is 0 Å². The number of nitrogens with one attached hydrogen (secondary N) is 1. The Morgan fingerprint density at radius 2 is 2.06 bits per heavy atom. The molecule has 0 bridgehead atoms. The fraction of sp³-hybridized carbons (Fsp3) is 0.455. The van der Waals surface area contributed by atoms with Crippen LogP contribution in [0.3, 0.4) is 0 Å². The standard InChI is InChI=1S/C11H15N3S4/c1-8-3-4-9(17-8)7-12-5-6-16-11-14-13-10(15-2)18-11/h3-4,12H,5-7H2,1-2H3. The van der Waals surface area contributed by atoms with Crippen molar-refractivity contribution in [2.24, 2.45) is 0 Å². The van der Waals surface area contributed by atoms with E-state index in [4.69, 9.17) is 0 Å². The second-order valence-corrected chi connectivity index (χ2v) is 8.32. The minimum absolute atomic E-state index is 0.964. The third-order valence-electron chi connectivity index (χ3n) is 2.16. The van der Waals surface area contributed by atoms with Crippen LogP contribution in [0, 0.1) is 6.92 Å². The van der Waals surface area contributed by atoms with Crippen molar-refractivity contribution in [2.45, 2.75) is 22.1 Å². The highest BCUT2D eigenvalue weighted by atomic mass is 32.2. The highest BCUT2D eigenvalue weighted by Gasteiger charge is 2.03. The Bertz CT molecular complexity index is 480. The molecule has 2 aromatic heterocycles. The molecule has 2 rings (SSSR count). The molecule has 0 aliphatic carbocycles. The summed E-state index contributed by atoms with van der Waals surface area (Å²) in [6.07, 6.45) is 2.03. The third-order valence-corrected chi connectivity index (χ3v) is 6.20. The Labute approximate surface area is 124 Å². The van der Waals surface area contributed by atoms with Gasteiger partial charge in [-0.2, -0.15) is 0 Å². The zero-order valence-corrected chi connectivity index (χ0v) is 13.6. The lowest BCUT2D eigenvalue weighted by Crippen LogP contribution is -2.15. The largest absolute Gasteiger partial charge is 0.311 e. The van der Waals surface area contributed by atoms with E-state index in [1.54, 1.807) is 34.9 Å². The summed E-state index contributed by atoms with van der Waals surface area (Å²) in [7, 11) is 0. The van der Waals surface area contributed by atoms with E-state index < -0.39 is 0 Å². The number of hydrogen-bond donors (Lipinski definition) is 1. The fourth-order valence-electron chi connectivity index (χ4n) is 1.34. The maximum Gasteiger partial charge on any atom is 0.175 e. The zero-order chi connectivity index (χ0) is 12.8. The number of aromatic nitrogens is 2. The molecular weight excluding hydrogens is 302 g/mol. The molecule has 0 unspecified atom stereocenters. The van der Waals surface area contributed by atoms with Crippen molar-refractivity contribution in [3.05, 3.63) is 21.9 Å². The Balaban J connectivity index is 1.61. The van der Waals surface area contributed by atoms with Crippen molar-refractivity contribution in [2.75, 3.05) is 18.6 Å². The highest BCUT2D eigenvalue weighted by molar-refractivity contribution is 8.02. The first-order valence-electron chi connectivity index (χ1n) is 5.54. The van der Waals surface area contributed by atoms with Gasteiger partial charge in [0, 0.05) is 28.6 Å². The van der Waals surface area contributed by atoms with Gasteiger partial charge in [-0.15, -0.1) is 21.5 Å². The van der Waals surface area contributed by atoms with Gasteiger partial charge < -0.3 is 5.32 Å². The van der Waals surface area contributed by atoms with Gasteiger partial charge in [0.15, 0.2) is 8.68 Å². The van der Waals surface area contributed by atoms with E-state index in [0.29, 0.717) is 0 Å². The monoisotopic (exact) mass is 317 g/mol. The molecule has 0 atom stereocenters. The predicted molar refractivity (Wildman–Crippen MR) is 83.2 cm³/mol. The first-order chi connectivity index (χ1) is 8.78. The van der Waals surface area contributed by atoms with Gasteiger partial charge >= 0.3 is 0 Å². The Kier molecular flexibility index (Phi) is 5.97. The van der Waals surface area contributed by atoms with Crippen molar-refractivity contribution in [1.29, 1.82) is 0 Å². The van der Waals surface area contributed by atoms with Crippen molar-refractivity contribution in [3.8, 4) is 0 Å². The summed E-state index contributed by atoms with van der Waals surface area (Å²) in [5, 5.41) is 11.7. The Morgan fingerprint density at radius 1 is 1.22 bits per heavy atom. The number of thiophene rings is 1. The zero-order valence-electron chi connectivity index (χ0n) is 10.3. The molecular formula is C11H15N3S4. The topological polar surface area (TPSA) is 37.8 Å². The van der Waals surface area contributed by atoms with Crippen LogP contribution in [0.15, 0.2) is 20.8 Å². The number of thioether (sulfide) groups is 2. The molecule has 98 valence electrons. The smallest absolute Gasteiger partial charge is 0.175 e. The summed E-state index contributed by atoms with van der Waals surface area (Å²) < 4.78 is 2.10. The summed E-state index contributed by atoms with van der Waals surface area (Å²) in [6.45, 7) is 4.10. The van der Waals surface area contributed by atoms with Gasteiger partial charge in [-0.3, -0.25) is 0 Å². The summed E-state index contributed by atoms with van der Waals surface area (Å²) in [5.74, 6) is 1.04. The molecule has 2 heterocycles. The molecule has 0 fully saturated rings. The molecule has 0 radical (unpaired) electrons. The van der Waals surface area contributed by atoms with Gasteiger partial charge in [0.05, 0.1) is 0 Å². The molecule has 0 aliphatic rings. The van der Waals surface area contributed by atoms with E-state index in [-0.39, 0.29) is 0 Å². The minimum Gasteiger partial charge on any atom is -0.311 e. The van der Waals surface area contributed by atoms with Crippen molar-refractivity contribution in [1.82, 2.24) is 15.5 Å². The van der Waals surface area contributed by atoms with Crippen LogP contribution < -0.4 is 5.32 Å². The number of nitrogens with zero attached hydrogens (tertiary/aromatic N) is 2. The first-order valence-corrected chi connectivity index (χ1v) is 9.38. The van der Waals surface area contributed by atoms with Crippen LogP contribution in [0.4, 0.5) is 0 Å². The average Bonchev–Trinajstić information content (AvgIpc) is 2.98. The second-order valence-electron chi connectivity index (χ2n) is 3.58. The average molecular weight is 318 g/mol. The van der Waals surface area contributed by atoms with E-state index in [1.165, 1.54) is 9.75 Å². The number of rotatable bonds is 7. The van der Waals surface area contributed by atoms with Gasteiger partial charge in [-0.1, -0.05) is 34.9 Å². The molecule has 3 nitrogen and oxygen atoms in total. The quantitative estimate of drug-likeness (QED) is 0.625. The minimum atomic E-state index is 0.964. The van der Waals surface area contributed by atoms with Crippen LogP contribution in [-0.4, -0.2) is 28.8 Å². The maximum atomic E-state index is 4.13. The van der Waals surface area contributed by atoms with Gasteiger partial charge in [0.1, 0.15) is 0 Å². The molecule has 0 saturated heterocycles. The number of aryl methyl sites for hydroxylation is 1. The van der Waals surface area contributed by atoms with E-state index in [2.05, 4.69) is 34.6 Å². The van der Waals surface area contributed by atoms with E-state index in [1.807, 2.05) is 17.6 Å². The third kappa shape index (κ3) is 4.55. The predicted octanol–water partition coefficient (Wildman–Crippen LogP) is 3.51. The fourth-order valence-corrected chi connectivity index (χ4v) is 4.61. The Hall–Kier alpha value is -0.0800. The Morgan fingerprint density at radius 3 is 2.72 bits per heavy atom. The lowest BCUT2D eigenvalue weighted by Gasteiger charge is -2.00. The van der Waals surface area contributed by atoms with Gasteiger partial charge in [0.2, 0.25) is 0 Å². The van der Waals surface area contributed by atoms with Crippen LogP contribution in [0.1, 0.15) is 9.75 Å². The molecule has 0 aliphatic heterocycles. The molecule has 0 spiro atoms. The molecule has 7 heteroatoms. The van der Waals surface area contributed by atoms with Crippen LogP contribution in [0.25, 0.3) is 0 Å². The van der Waals surface area contributed by atoms with Crippen molar-refractivity contribution in [3.63, 3.8) is 0 Å². The second kappa shape index (κ2) is 7.49. The van der Waals surface area contributed by atoms with E-state index >= 15 is 0 Å². The summed E-state index contributed by atoms with van der Waals surface area (Å²) in [6, 6.07) is 4.36. The summed E-state index contributed by atoms with van der Waals surface area (Å²) in [5.41, 5.74) is 0. The SMILES string of the molecule is CSc1nnc(SCCNCc2ccc(C)s2)s1. The molecule has 0 aromatic carbocycles. The maximum absolute atomic E-state index is 4.13. The van der Waals surface area contributed by atoms with Crippen LogP contribution in [0.5, 0.6) is 0 Å². The normalized spacial score (nSPS) is 11.0. The van der Waals surface area contributed by atoms with Gasteiger partial charge in [0.25, 0.3) is 0 Å². The van der Waals surface area contributed by atoms with Crippen LogP contribution in [0.2, 0.25) is 0 Å². The molecule has 0 saturated carbocycles. The van der Waals surface area contributed by atoms with Gasteiger partial charge in [-0.05, 0) is 25.3 Å². The lowest BCUT2D eigenvalue weighted by molar-refractivity contribution is 0.740. The molecule has 0 amide bonds. The first kappa shape index (κ1) is 14.3. The summed E-state index contributed by atoms with van der Waals surface area (Å²) in [4.78, 5) is 2.78. The van der Waals surface area contributed by atoms with E-state index in [0.717, 1.165) is 27.5 Å². The van der Waals surface area contributed by atoms with E-state index in [9.17, 15) is 0 Å². The number of hydrogen-bond acceptors (Lipinski definition) is 7. The highest BCUT2D eigenvalue weighted by Crippen LogP contribution is 2.26.